The van der Waals surface area contributed by atoms with E-state index in [4.69, 9.17) is 0 Å². The van der Waals surface area contributed by atoms with E-state index in [9.17, 15) is 0 Å². The van der Waals surface area contributed by atoms with Crippen molar-refractivity contribution in [3.8, 4) is 0 Å². The fourth-order valence-corrected chi connectivity index (χ4v) is 1.13. The molecule has 70 valence electrons. The summed E-state index contributed by atoms with van der Waals surface area (Å²) in [6.07, 6.45) is 6.54. The van der Waals surface area contributed by atoms with Gasteiger partial charge in [0.05, 0.1) is 0 Å². The van der Waals surface area contributed by atoms with E-state index in [1.54, 1.807) is 0 Å². The highest BCUT2D eigenvalue weighted by molar-refractivity contribution is 5.12. The molecule has 0 heterocycles. The van der Waals surface area contributed by atoms with Gasteiger partial charge in [0, 0.05) is 18.8 Å². The van der Waals surface area contributed by atoms with Gasteiger partial charge in [0.1, 0.15) is 0 Å². The van der Waals surface area contributed by atoms with E-state index >= 15 is 0 Å². The molecule has 0 unspecified atom stereocenters. The Balaban J connectivity index is 3.93. The first-order chi connectivity index (χ1) is 5.76. The first-order valence-electron chi connectivity index (χ1n) is 4.86. The highest BCUT2D eigenvalue weighted by atomic mass is 15.1. The Labute approximate surface area is 76.8 Å². The van der Waals surface area contributed by atoms with E-state index in [0.29, 0.717) is 0 Å². The lowest BCUT2D eigenvalue weighted by atomic mass is 10.3. The second-order valence-electron chi connectivity index (χ2n) is 2.88. The highest BCUT2D eigenvalue weighted by Gasteiger charge is 1.98. The van der Waals surface area contributed by atoms with Crippen molar-refractivity contribution in [2.45, 2.75) is 33.6 Å². The number of nitrogens with zero attached hydrogens (tertiary/aromatic N) is 1. The van der Waals surface area contributed by atoms with Gasteiger partial charge in [0.15, 0.2) is 0 Å². The van der Waals surface area contributed by atoms with Gasteiger partial charge in [0.25, 0.3) is 0 Å². The molecule has 0 N–H and O–H groups in total. The molecule has 1 nitrogen and oxygen atoms in total. The number of allylic oxidation sites excluding steroid dienone is 2. The first-order valence-corrected chi connectivity index (χ1v) is 4.86. The zero-order valence-corrected chi connectivity index (χ0v) is 8.64. The predicted octanol–water partition coefficient (Wildman–Crippen LogP) is 3.20. The molecule has 0 aliphatic heterocycles. The van der Waals surface area contributed by atoms with Crippen LogP contribution in [0.4, 0.5) is 0 Å². The summed E-state index contributed by atoms with van der Waals surface area (Å²) in [5.41, 5.74) is 1.14. The Kier molecular flexibility index (Phi) is 6.54. The van der Waals surface area contributed by atoms with Crippen molar-refractivity contribution in [2.24, 2.45) is 0 Å². The normalized spacial score (nSPS) is 10.6. The fraction of sp³-hybridized carbons (Fsp3) is 0.636. The Bertz CT molecular complexity index is 147. The Morgan fingerprint density at radius 2 is 2.00 bits per heavy atom. The van der Waals surface area contributed by atoms with Crippen LogP contribution in [0.2, 0.25) is 0 Å². The van der Waals surface area contributed by atoms with Crippen LogP contribution < -0.4 is 0 Å². The molecule has 0 radical (unpaired) electrons. The maximum atomic E-state index is 4.02. The molecule has 0 rings (SSSR count). The highest BCUT2D eigenvalue weighted by Crippen LogP contribution is 2.04. The fourth-order valence-electron chi connectivity index (χ4n) is 1.13. The lowest BCUT2D eigenvalue weighted by Gasteiger charge is -2.22. The van der Waals surface area contributed by atoms with Crippen molar-refractivity contribution < 1.29 is 0 Å². The quantitative estimate of drug-likeness (QED) is 0.549. The summed E-state index contributed by atoms with van der Waals surface area (Å²) in [5.74, 6) is 0. The number of hydrogen-bond donors (Lipinski definition) is 0. The summed E-state index contributed by atoms with van der Waals surface area (Å²) in [4.78, 5) is 2.30. The molecular formula is C11H21N. The Hall–Kier alpha value is -0.720. The summed E-state index contributed by atoms with van der Waals surface area (Å²) in [6, 6.07) is 0. The average Bonchev–Trinajstić information content (AvgIpc) is 2.10. The number of hydrogen-bond acceptors (Lipinski definition) is 1. The minimum atomic E-state index is 1.06. The molecular weight excluding hydrogens is 146 g/mol. The topological polar surface area (TPSA) is 3.24 Å². The molecule has 0 aromatic heterocycles. The molecule has 0 aromatic carbocycles. The van der Waals surface area contributed by atoms with Gasteiger partial charge in [0.2, 0.25) is 0 Å². The van der Waals surface area contributed by atoms with E-state index in [2.05, 4.69) is 44.4 Å². The van der Waals surface area contributed by atoms with Crippen molar-refractivity contribution in [3.63, 3.8) is 0 Å². The zero-order chi connectivity index (χ0) is 9.40. The summed E-state index contributed by atoms with van der Waals surface area (Å²) in [6.45, 7) is 12.7. The van der Waals surface area contributed by atoms with E-state index in [-0.39, 0.29) is 0 Å². The van der Waals surface area contributed by atoms with Crippen LogP contribution in [0.5, 0.6) is 0 Å². The molecule has 0 spiro atoms. The lowest BCUT2D eigenvalue weighted by Crippen LogP contribution is -2.21. The van der Waals surface area contributed by atoms with E-state index in [0.717, 1.165) is 25.2 Å². The monoisotopic (exact) mass is 167 g/mol. The third kappa shape index (κ3) is 4.22. The van der Waals surface area contributed by atoms with E-state index in [1.165, 1.54) is 6.42 Å². The molecule has 0 bridgehead atoms. The van der Waals surface area contributed by atoms with Gasteiger partial charge in [-0.25, -0.2) is 0 Å². The standard InChI is InChI=1S/C11H21N/c1-5-8-9-11(4)12(7-3)10-6-2/h8-9H,4-7,10H2,1-3H3/b9-8+. The van der Waals surface area contributed by atoms with Gasteiger partial charge < -0.3 is 4.90 Å². The van der Waals surface area contributed by atoms with Crippen molar-refractivity contribution in [2.75, 3.05) is 13.1 Å². The van der Waals surface area contributed by atoms with Gasteiger partial charge in [-0.05, 0) is 25.8 Å². The molecule has 0 amide bonds. The van der Waals surface area contributed by atoms with Gasteiger partial charge in [-0.2, -0.15) is 0 Å². The van der Waals surface area contributed by atoms with E-state index in [1.807, 2.05) is 0 Å². The largest absolute Gasteiger partial charge is 0.372 e. The van der Waals surface area contributed by atoms with Crippen LogP contribution in [-0.4, -0.2) is 18.0 Å². The molecule has 1 heteroatoms. The second kappa shape index (κ2) is 6.96. The Morgan fingerprint density at radius 1 is 1.33 bits per heavy atom. The van der Waals surface area contributed by atoms with Crippen molar-refractivity contribution >= 4 is 0 Å². The molecule has 0 aliphatic carbocycles. The summed E-state index contributed by atoms with van der Waals surface area (Å²) in [5, 5.41) is 0. The van der Waals surface area contributed by atoms with Crippen LogP contribution in [0.15, 0.2) is 24.4 Å². The lowest BCUT2D eigenvalue weighted by molar-refractivity contribution is 0.375. The summed E-state index contributed by atoms with van der Waals surface area (Å²) < 4.78 is 0. The molecule has 0 saturated heterocycles. The Morgan fingerprint density at radius 3 is 2.42 bits per heavy atom. The van der Waals surface area contributed by atoms with Crippen molar-refractivity contribution in [3.05, 3.63) is 24.4 Å². The minimum Gasteiger partial charge on any atom is -0.372 e. The van der Waals surface area contributed by atoms with Gasteiger partial charge in [-0.1, -0.05) is 26.5 Å². The van der Waals surface area contributed by atoms with Gasteiger partial charge >= 0.3 is 0 Å². The van der Waals surface area contributed by atoms with Crippen LogP contribution in [0.3, 0.4) is 0 Å². The third-order valence-electron chi connectivity index (χ3n) is 1.83. The first kappa shape index (κ1) is 11.3. The molecule has 0 fully saturated rings. The molecule has 0 saturated carbocycles. The zero-order valence-electron chi connectivity index (χ0n) is 8.64. The maximum Gasteiger partial charge on any atom is 0.0289 e. The van der Waals surface area contributed by atoms with Crippen molar-refractivity contribution in [1.82, 2.24) is 4.90 Å². The van der Waals surface area contributed by atoms with Crippen LogP contribution in [0.1, 0.15) is 33.6 Å². The molecule has 0 atom stereocenters. The van der Waals surface area contributed by atoms with Crippen molar-refractivity contribution in [1.29, 1.82) is 0 Å². The van der Waals surface area contributed by atoms with Crippen LogP contribution in [0.25, 0.3) is 0 Å². The van der Waals surface area contributed by atoms with Crippen LogP contribution in [-0.2, 0) is 0 Å². The summed E-state index contributed by atoms with van der Waals surface area (Å²) >= 11 is 0. The predicted molar refractivity (Wildman–Crippen MR) is 56.1 cm³/mol. The maximum absolute atomic E-state index is 4.02. The van der Waals surface area contributed by atoms with Crippen LogP contribution >= 0.6 is 0 Å². The smallest absolute Gasteiger partial charge is 0.0289 e. The number of rotatable bonds is 6. The van der Waals surface area contributed by atoms with E-state index < -0.39 is 0 Å². The van der Waals surface area contributed by atoms with Gasteiger partial charge in [-0.15, -0.1) is 0 Å². The number of likely N-dealkylation sites (N-methyl/N-ethyl adjacent to an activating group) is 1. The minimum absolute atomic E-state index is 1.06. The molecule has 0 aliphatic rings. The average molecular weight is 167 g/mol. The summed E-state index contributed by atoms with van der Waals surface area (Å²) in [7, 11) is 0. The van der Waals surface area contributed by atoms with Gasteiger partial charge in [-0.3, -0.25) is 0 Å². The van der Waals surface area contributed by atoms with Crippen LogP contribution in [0, 0.1) is 0 Å². The second-order valence-corrected chi connectivity index (χ2v) is 2.88. The third-order valence-corrected chi connectivity index (χ3v) is 1.83. The SMILES string of the molecule is C=C(/C=C/CC)N(CC)CCC. The molecule has 0 aromatic rings. The molecule has 12 heavy (non-hydrogen) atoms.